The van der Waals surface area contributed by atoms with Gasteiger partial charge in [-0.1, -0.05) is 72.4 Å². The molecule has 3 aromatic rings. The van der Waals surface area contributed by atoms with Crippen molar-refractivity contribution in [3.8, 4) is 0 Å². The Morgan fingerprint density at radius 2 is 1.81 bits per heavy atom. The molecular weight excluding hydrogens is 363 g/mol. The lowest BCUT2D eigenvalue weighted by molar-refractivity contribution is 0.274. The number of nitrogens with zero attached hydrogens (tertiary/aromatic N) is 2. The van der Waals surface area contributed by atoms with Crippen molar-refractivity contribution in [1.82, 2.24) is 10.1 Å². The van der Waals surface area contributed by atoms with Crippen LogP contribution in [0, 0.1) is 11.7 Å². The first kappa shape index (κ1) is 18.2. The van der Waals surface area contributed by atoms with E-state index >= 15 is 0 Å². The molecule has 1 fully saturated rings. The molecule has 1 heterocycles. The van der Waals surface area contributed by atoms with Crippen LogP contribution in [0.1, 0.15) is 60.9 Å². The van der Waals surface area contributed by atoms with Gasteiger partial charge in [-0.3, -0.25) is 0 Å². The molecule has 0 unspecified atom stereocenters. The van der Waals surface area contributed by atoms with E-state index in [0.717, 1.165) is 12.8 Å². The van der Waals surface area contributed by atoms with E-state index in [1.165, 1.54) is 30.9 Å². The maximum Gasteiger partial charge on any atom is 0.234 e. The van der Waals surface area contributed by atoms with E-state index in [0.29, 0.717) is 28.2 Å². The quantitative estimate of drug-likeness (QED) is 0.528. The second-order valence-corrected chi connectivity index (χ2v) is 7.62. The van der Waals surface area contributed by atoms with Crippen molar-refractivity contribution in [2.24, 2.45) is 5.92 Å². The summed E-state index contributed by atoms with van der Waals surface area (Å²) in [7, 11) is 0. The smallest absolute Gasteiger partial charge is 0.234 e. The van der Waals surface area contributed by atoms with Gasteiger partial charge in [0.1, 0.15) is 5.82 Å². The first-order valence-corrected chi connectivity index (χ1v) is 9.90. The third-order valence-corrected chi connectivity index (χ3v) is 5.78. The lowest BCUT2D eigenvalue weighted by atomic mass is 9.76. The highest BCUT2D eigenvalue weighted by atomic mass is 35.5. The van der Waals surface area contributed by atoms with Gasteiger partial charge in [0.15, 0.2) is 5.82 Å². The molecule has 140 valence electrons. The highest BCUT2D eigenvalue weighted by molar-refractivity contribution is 6.31. The standard InChI is InChI=1S/C22H22ClFN2O/c23-18-12-7-13-19(24)17(18)14-20-25-22(27-26-20)21(15-8-3-1-4-9-15)16-10-5-2-6-11-16/h1,3-4,7-9,12-13,16,21H,2,5-6,10-11,14H2/t21-/m0/s1. The first-order chi connectivity index (χ1) is 13.2. The summed E-state index contributed by atoms with van der Waals surface area (Å²) in [5.74, 6) is 1.32. The largest absolute Gasteiger partial charge is 0.339 e. The van der Waals surface area contributed by atoms with Gasteiger partial charge in [0.25, 0.3) is 0 Å². The van der Waals surface area contributed by atoms with Crippen molar-refractivity contribution >= 4 is 11.6 Å². The van der Waals surface area contributed by atoms with Crippen LogP contribution in [0.4, 0.5) is 4.39 Å². The second-order valence-electron chi connectivity index (χ2n) is 7.21. The van der Waals surface area contributed by atoms with E-state index in [-0.39, 0.29) is 18.2 Å². The molecule has 2 aromatic carbocycles. The Morgan fingerprint density at radius 1 is 1.04 bits per heavy atom. The Bertz CT molecular complexity index is 870. The Balaban J connectivity index is 1.63. The molecule has 3 nitrogen and oxygen atoms in total. The lowest BCUT2D eigenvalue weighted by Gasteiger charge is -2.28. The average Bonchev–Trinajstić information content (AvgIpc) is 3.15. The molecule has 5 heteroatoms. The van der Waals surface area contributed by atoms with Crippen LogP contribution < -0.4 is 0 Å². The zero-order valence-electron chi connectivity index (χ0n) is 15.1. The van der Waals surface area contributed by atoms with Gasteiger partial charge in [-0.05, 0) is 36.5 Å². The molecule has 0 bridgehead atoms. The van der Waals surface area contributed by atoms with Gasteiger partial charge in [0.2, 0.25) is 5.89 Å². The molecule has 0 aliphatic heterocycles. The fourth-order valence-electron chi connectivity index (χ4n) is 4.07. The Kier molecular flexibility index (Phi) is 5.53. The van der Waals surface area contributed by atoms with Crippen LogP contribution >= 0.6 is 11.6 Å². The Labute approximate surface area is 163 Å². The minimum absolute atomic E-state index is 0.0869. The normalized spacial score (nSPS) is 16.4. The number of rotatable bonds is 5. The van der Waals surface area contributed by atoms with Gasteiger partial charge in [0, 0.05) is 17.0 Å². The number of hydrogen-bond acceptors (Lipinski definition) is 3. The molecule has 0 N–H and O–H groups in total. The van der Waals surface area contributed by atoms with Crippen molar-refractivity contribution in [2.75, 3.05) is 0 Å². The highest BCUT2D eigenvalue weighted by Gasteiger charge is 2.31. The van der Waals surface area contributed by atoms with E-state index in [2.05, 4.69) is 22.3 Å². The summed E-state index contributed by atoms with van der Waals surface area (Å²) in [5, 5.41) is 4.51. The van der Waals surface area contributed by atoms with E-state index in [1.54, 1.807) is 12.1 Å². The molecule has 0 spiro atoms. The molecule has 4 rings (SSSR count). The average molecular weight is 385 g/mol. The molecule has 1 aliphatic carbocycles. The van der Waals surface area contributed by atoms with Gasteiger partial charge >= 0.3 is 0 Å². The van der Waals surface area contributed by atoms with Crippen molar-refractivity contribution in [3.05, 3.63) is 82.2 Å². The number of halogens is 2. The van der Waals surface area contributed by atoms with E-state index in [9.17, 15) is 4.39 Å². The van der Waals surface area contributed by atoms with Crippen LogP contribution in [0.2, 0.25) is 5.02 Å². The monoisotopic (exact) mass is 384 g/mol. The van der Waals surface area contributed by atoms with Gasteiger partial charge in [-0.2, -0.15) is 4.98 Å². The van der Waals surface area contributed by atoms with Gasteiger partial charge in [0.05, 0.1) is 5.92 Å². The zero-order valence-corrected chi connectivity index (χ0v) is 15.8. The third kappa shape index (κ3) is 4.06. The molecule has 0 amide bonds. The fraction of sp³-hybridized carbons (Fsp3) is 0.364. The second kappa shape index (κ2) is 8.22. The third-order valence-electron chi connectivity index (χ3n) is 5.43. The van der Waals surface area contributed by atoms with Crippen LogP contribution in [0.3, 0.4) is 0 Å². The SMILES string of the molecule is Fc1cccc(Cl)c1Cc1noc([C@@H](c2ccccc2)C2CCCCC2)n1. The Hall–Kier alpha value is -2.20. The van der Waals surface area contributed by atoms with Gasteiger partial charge in [-0.15, -0.1) is 0 Å². The van der Waals surface area contributed by atoms with Crippen LogP contribution in [0.25, 0.3) is 0 Å². The Morgan fingerprint density at radius 3 is 2.56 bits per heavy atom. The first-order valence-electron chi connectivity index (χ1n) is 9.52. The molecule has 1 saturated carbocycles. The minimum atomic E-state index is -0.347. The molecule has 1 atom stereocenters. The van der Waals surface area contributed by atoms with Crippen molar-refractivity contribution in [2.45, 2.75) is 44.4 Å². The maximum atomic E-state index is 14.1. The number of aromatic nitrogens is 2. The number of benzene rings is 2. The lowest BCUT2D eigenvalue weighted by Crippen LogP contribution is -2.18. The molecule has 0 radical (unpaired) electrons. The molecular formula is C22H22ClFN2O. The summed E-state index contributed by atoms with van der Waals surface area (Å²) >= 11 is 6.14. The van der Waals surface area contributed by atoms with Crippen molar-refractivity contribution in [1.29, 1.82) is 0 Å². The van der Waals surface area contributed by atoms with Crippen LogP contribution in [-0.4, -0.2) is 10.1 Å². The summed E-state index contributed by atoms with van der Waals surface area (Å²) in [6, 6.07) is 15.0. The topological polar surface area (TPSA) is 38.9 Å². The van der Waals surface area contributed by atoms with E-state index in [4.69, 9.17) is 16.1 Å². The highest BCUT2D eigenvalue weighted by Crippen LogP contribution is 2.39. The number of hydrogen-bond donors (Lipinski definition) is 0. The van der Waals surface area contributed by atoms with Gasteiger partial charge in [-0.25, -0.2) is 4.39 Å². The van der Waals surface area contributed by atoms with Crippen LogP contribution in [0.5, 0.6) is 0 Å². The maximum absolute atomic E-state index is 14.1. The predicted molar refractivity (Wildman–Crippen MR) is 103 cm³/mol. The molecule has 0 saturated heterocycles. The van der Waals surface area contributed by atoms with Crippen molar-refractivity contribution < 1.29 is 8.91 Å². The summed E-state index contributed by atoms with van der Waals surface area (Å²) < 4.78 is 19.7. The zero-order chi connectivity index (χ0) is 18.6. The van der Waals surface area contributed by atoms with Crippen LogP contribution in [-0.2, 0) is 6.42 Å². The fourth-order valence-corrected chi connectivity index (χ4v) is 4.30. The summed E-state index contributed by atoms with van der Waals surface area (Å²) in [4.78, 5) is 4.64. The molecule has 27 heavy (non-hydrogen) atoms. The summed E-state index contributed by atoms with van der Waals surface area (Å²) in [6.07, 6.45) is 6.31. The molecule has 1 aromatic heterocycles. The van der Waals surface area contributed by atoms with Gasteiger partial charge < -0.3 is 4.52 Å². The summed E-state index contributed by atoms with van der Waals surface area (Å²) in [6.45, 7) is 0. The van der Waals surface area contributed by atoms with E-state index < -0.39 is 0 Å². The summed E-state index contributed by atoms with van der Waals surface area (Å²) in [5.41, 5.74) is 1.60. The van der Waals surface area contributed by atoms with E-state index in [1.807, 2.05) is 18.2 Å². The molecule has 1 aliphatic rings. The predicted octanol–water partition coefficient (Wildman–Crippen LogP) is 6.17. The van der Waals surface area contributed by atoms with Crippen molar-refractivity contribution in [3.63, 3.8) is 0 Å². The van der Waals surface area contributed by atoms with Crippen LogP contribution in [0.15, 0.2) is 53.1 Å². The minimum Gasteiger partial charge on any atom is -0.339 e.